The molecule has 0 bridgehead atoms. The Morgan fingerprint density at radius 3 is 2.49 bits per heavy atom. The number of esters is 1. The Labute approximate surface area is 237 Å². The zero-order valence-electron chi connectivity index (χ0n) is 22.7. The van der Waals surface area contributed by atoms with Crippen LogP contribution < -0.4 is 10.0 Å². The van der Waals surface area contributed by atoms with E-state index >= 15 is 0 Å². The van der Waals surface area contributed by atoms with Crippen molar-refractivity contribution in [1.82, 2.24) is 0 Å². The largest absolute Gasteiger partial charge is 0.550 e. The third-order valence-electron chi connectivity index (χ3n) is 7.75. The number of likely N-dealkylation sites (tertiary alicyclic amines) is 1. The van der Waals surface area contributed by atoms with Gasteiger partial charge < -0.3 is 59.3 Å². The number of hydrogen-bond acceptors (Lipinski definition) is 12. The van der Waals surface area contributed by atoms with Gasteiger partial charge in [-0.3, -0.25) is 4.79 Å². The molecule has 0 amide bonds. The van der Waals surface area contributed by atoms with Crippen LogP contribution in [0.4, 0.5) is 0 Å². The Morgan fingerprint density at radius 2 is 1.88 bits per heavy atom. The second-order valence-corrected chi connectivity index (χ2v) is 10.5. The van der Waals surface area contributed by atoms with Gasteiger partial charge in [-0.05, 0) is 6.42 Å². The van der Waals surface area contributed by atoms with Gasteiger partial charge in [0, 0.05) is 24.2 Å². The number of rotatable bonds is 12. The molecule has 0 aliphatic carbocycles. The number of allylic oxidation sites excluding steroid dienone is 1. The number of aliphatic hydroxyl groups is 4. The first kappa shape index (κ1) is 32.7. The van der Waals surface area contributed by atoms with E-state index in [2.05, 4.69) is 6.58 Å². The monoisotopic (exact) mass is 585 g/mol. The van der Waals surface area contributed by atoms with Crippen molar-refractivity contribution in [2.24, 2.45) is 23.7 Å². The van der Waals surface area contributed by atoms with Crippen molar-refractivity contribution in [3.63, 3.8) is 0 Å². The van der Waals surface area contributed by atoms with Gasteiger partial charge >= 0.3 is 11.9 Å². The van der Waals surface area contributed by atoms with E-state index in [1.54, 1.807) is 12.2 Å². The van der Waals surface area contributed by atoms with Crippen LogP contribution in [-0.2, 0) is 33.3 Å². The summed E-state index contributed by atoms with van der Waals surface area (Å²) < 4.78 is 21.7. The first-order chi connectivity index (χ1) is 19.5. The molecule has 0 spiro atoms. The highest BCUT2D eigenvalue weighted by Gasteiger charge is 2.47. The highest BCUT2D eigenvalue weighted by atomic mass is 16.8. The predicted octanol–water partition coefficient (Wildman–Crippen LogP) is -3.67. The number of aliphatic carboxylic acids is 2. The van der Waals surface area contributed by atoms with E-state index in [1.807, 2.05) is 0 Å². The number of carbonyl (C=O) groups is 3. The molecule has 14 nitrogen and oxygen atoms in total. The summed E-state index contributed by atoms with van der Waals surface area (Å²) in [4.78, 5) is 36.2. The third kappa shape index (κ3) is 8.13. The van der Waals surface area contributed by atoms with Crippen LogP contribution in [0.2, 0.25) is 0 Å². The van der Waals surface area contributed by atoms with Crippen molar-refractivity contribution in [2.45, 2.75) is 56.3 Å². The number of piperidine rings is 1. The first-order valence-corrected chi connectivity index (χ1v) is 13.5. The first-order valence-electron chi connectivity index (χ1n) is 13.5. The number of carboxylic acids is 2. The maximum atomic E-state index is 12.6. The van der Waals surface area contributed by atoms with E-state index in [4.69, 9.17) is 24.1 Å². The van der Waals surface area contributed by atoms with Crippen molar-refractivity contribution >= 4 is 17.9 Å². The molecule has 41 heavy (non-hydrogen) atoms. The molecule has 0 aromatic heterocycles. The van der Waals surface area contributed by atoms with Gasteiger partial charge in [0.05, 0.1) is 63.5 Å². The zero-order chi connectivity index (χ0) is 30.3. The minimum atomic E-state index is -1.68. The Balaban J connectivity index is 1.81. The molecule has 230 valence electrons. The second kappa shape index (κ2) is 14.9. The van der Waals surface area contributed by atoms with Gasteiger partial charge in [0.2, 0.25) is 6.29 Å². The van der Waals surface area contributed by atoms with Crippen molar-refractivity contribution < 1.29 is 68.9 Å². The summed E-state index contributed by atoms with van der Waals surface area (Å²) in [6.07, 6.45) is -2.04. The lowest BCUT2D eigenvalue weighted by Gasteiger charge is -2.42. The summed E-state index contributed by atoms with van der Waals surface area (Å²) in [6.45, 7) is 4.52. The molecular formula is C27H39NO13. The lowest BCUT2D eigenvalue weighted by molar-refractivity contribution is -0.911. The Kier molecular flexibility index (Phi) is 11.8. The van der Waals surface area contributed by atoms with Gasteiger partial charge in [-0.1, -0.05) is 18.2 Å². The number of aliphatic hydroxyl groups excluding tert-OH is 4. The average Bonchev–Trinajstić information content (AvgIpc) is 2.95. The second-order valence-electron chi connectivity index (χ2n) is 10.5. The van der Waals surface area contributed by atoms with Crippen LogP contribution in [0.3, 0.4) is 0 Å². The number of carbonyl (C=O) groups excluding carboxylic acids is 2. The maximum Gasteiger partial charge on any atom is 0.337 e. The van der Waals surface area contributed by atoms with Crippen molar-refractivity contribution in [2.75, 3.05) is 33.4 Å². The summed E-state index contributed by atoms with van der Waals surface area (Å²) in [7, 11) is 1.20. The van der Waals surface area contributed by atoms with Crippen molar-refractivity contribution in [3.8, 4) is 0 Å². The Hall–Kier alpha value is -2.85. The molecule has 3 aliphatic heterocycles. The maximum absolute atomic E-state index is 12.6. The number of ether oxygens (including phenoxy) is 4. The zero-order valence-corrected chi connectivity index (χ0v) is 22.7. The van der Waals surface area contributed by atoms with Gasteiger partial charge in [0.1, 0.15) is 24.4 Å². The molecule has 11 atom stereocenters. The number of carboxylic acid groups (broad SMARTS) is 2. The van der Waals surface area contributed by atoms with Crippen LogP contribution in [0.1, 0.15) is 19.3 Å². The van der Waals surface area contributed by atoms with Gasteiger partial charge in [0.25, 0.3) is 0 Å². The molecule has 3 heterocycles. The normalized spacial score (nSPS) is 37.6. The number of nitrogens with one attached hydrogen (secondary N) is 1. The van der Waals surface area contributed by atoms with Crippen LogP contribution in [0.5, 0.6) is 0 Å². The molecule has 6 N–H and O–H groups in total. The van der Waals surface area contributed by atoms with Gasteiger partial charge in [-0.25, -0.2) is 4.79 Å². The molecule has 0 aromatic carbocycles. The fourth-order valence-corrected chi connectivity index (χ4v) is 5.54. The molecule has 11 unspecified atom stereocenters. The van der Waals surface area contributed by atoms with E-state index < -0.39 is 79.3 Å². The van der Waals surface area contributed by atoms with Gasteiger partial charge in [-0.2, -0.15) is 0 Å². The van der Waals surface area contributed by atoms with Crippen molar-refractivity contribution in [1.29, 1.82) is 0 Å². The average molecular weight is 586 g/mol. The minimum absolute atomic E-state index is 0.0216. The van der Waals surface area contributed by atoms with Gasteiger partial charge in [-0.15, -0.1) is 6.58 Å². The molecular weight excluding hydrogens is 546 g/mol. The number of methoxy groups -OCH3 is 1. The summed E-state index contributed by atoms with van der Waals surface area (Å²) >= 11 is 0. The molecule has 3 rings (SSSR count). The fourth-order valence-electron chi connectivity index (χ4n) is 5.54. The quantitative estimate of drug-likeness (QED) is 0.0962. The lowest BCUT2D eigenvalue weighted by Crippen LogP contribution is -3.14. The van der Waals surface area contributed by atoms with E-state index in [9.17, 15) is 39.9 Å². The minimum Gasteiger partial charge on any atom is -0.550 e. The summed E-state index contributed by atoms with van der Waals surface area (Å²) in [5.41, 5.74) is 0.125. The highest BCUT2D eigenvalue weighted by Crippen LogP contribution is 2.36. The lowest BCUT2D eigenvalue weighted by atomic mass is 9.81. The number of quaternary nitrogens is 1. The van der Waals surface area contributed by atoms with Crippen LogP contribution in [0, 0.1) is 23.7 Å². The topological polar surface area (TPSA) is 217 Å². The standard InChI is InChI=1S/C27H39NO13/c1-3-16-17(7-6-14-9-15(24(35)36)11-28(10-14)8-4-5-20(30)31)18(25(37)38-2)13-39-26(16)41-27-23(34)22(33)21(32)19(12-29)40-27/h3,6-7,13-17,19,21-23,26-27,29,32-34H,1,4-5,8-12H2,2H3,(H,30,31)(H,35,36). The van der Waals surface area contributed by atoms with Crippen LogP contribution in [0.25, 0.3) is 0 Å². The molecule has 3 aliphatic rings. The smallest absolute Gasteiger partial charge is 0.337 e. The van der Waals surface area contributed by atoms with E-state index in [1.165, 1.54) is 13.2 Å². The van der Waals surface area contributed by atoms with E-state index in [0.717, 1.165) is 11.2 Å². The highest BCUT2D eigenvalue weighted by molar-refractivity contribution is 5.89. The molecule has 0 aromatic rings. The summed E-state index contributed by atoms with van der Waals surface area (Å²) in [5.74, 6) is -5.23. The Bertz CT molecular complexity index is 998. The SMILES string of the molecule is C=CC1C(OC2OC(CO)C(O)C(O)C2O)OC=C(C(=O)OC)C1C=CC1CC(C(=O)[O-])C[NH+](CCCC(=O)O)C1. The van der Waals surface area contributed by atoms with E-state index in [0.29, 0.717) is 32.5 Å². The summed E-state index contributed by atoms with van der Waals surface area (Å²) in [6, 6.07) is 0. The molecule has 0 saturated carbocycles. The van der Waals surface area contributed by atoms with Gasteiger partial charge in [0.15, 0.2) is 6.29 Å². The van der Waals surface area contributed by atoms with Crippen LogP contribution in [-0.4, -0.2) is 114 Å². The van der Waals surface area contributed by atoms with Crippen LogP contribution >= 0.6 is 0 Å². The third-order valence-corrected chi connectivity index (χ3v) is 7.75. The molecule has 2 fully saturated rings. The molecule has 2 saturated heterocycles. The molecule has 14 heteroatoms. The summed E-state index contributed by atoms with van der Waals surface area (Å²) in [5, 5.41) is 60.7. The van der Waals surface area contributed by atoms with Crippen LogP contribution in [0.15, 0.2) is 36.6 Å². The van der Waals surface area contributed by atoms with E-state index in [-0.39, 0.29) is 17.9 Å². The Morgan fingerprint density at radius 1 is 1.15 bits per heavy atom. The number of hydrogen-bond donors (Lipinski definition) is 6. The predicted molar refractivity (Wildman–Crippen MR) is 135 cm³/mol. The van der Waals surface area contributed by atoms with Crippen molar-refractivity contribution in [3.05, 3.63) is 36.6 Å². The fraction of sp³-hybridized carbons (Fsp3) is 0.667. The molecule has 0 radical (unpaired) electrons.